The Labute approximate surface area is 177 Å². The van der Waals surface area contributed by atoms with Crippen molar-refractivity contribution in [3.63, 3.8) is 0 Å². The number of alkyl halides is 3. The fraction of sp³-hybridized carbons (Fsp3) is 0.364. The van der Waals surface area contributed by atoms with Gasteiger partial charge >= 0.3 is 6.18 Å². The normalized spacial score (nSPS) is 13.4. The summed E-state index contributed by atoms with van der Waals surface area (Å²) in [6, 6.07) is 8.71. The first-order valence-corrected chi connectivity index (χ1v) is 9.81. The number of amides is 2. The van der Waals surface area contributed by atoms with E-state index in [4.69, 9.17) is 9.47 Å². The molecule has 0 fully saturated rings. The van der Waals surface area contributed by atoms with Crippen molar-refractivity contribution in [1.82, 2.24) is 5.32 Å². The third kappa shape index (κ3) is 6.13. The molecule has 0 saturated heterocycles. The fourth-order valence-corrected chi connectivity index (χ4v) is 3.16. The van der Waals surface area contributed by atoms with Gasteiger partial charge in [-0.25, -0.2) is 0 Å². The number of benzene rings is 2. The second-order valence-corrected chi connectivity index (χ2v) is 7.42. The fourth-order valence-electron chi connectivity index (χ4n) is 3.16. The third-order valence-electron chi connectivity index (χ3n) is 4.58. The molecule has 0 aliphatic carbocycles. The van der Waals surface area contributed by atoms with Gasteiger partial charge in [0.15, 0.2) is 6.61 Å². The summed E-state index contributed by atoms with van der Waals surface area (Å²) in [6.45, 7) is 2.80. The molecule has 1 aliphatic rings. The van der Waals surface area contributed by atoms with Gasteiger partial charge in [0, 0.05) is 18.7 Å². The van der Waals surface area contributed by atoms with Gasteiger partial charge in [0.1, 0.15) is 11.5 Å². The number of fused-ring (bicyclic) bond motifs is 1. The van der Waals surface area contributed by atoms with Gasteiger partial charge in [-0.1, -0.05) is 6.07 Å². The van der Waals surface area contributed by atoms with Crippen molar-refractivity contribution >= 4 is 17.5 Å². The van der Waals surface area contributed by atoms with Gasteiger partial charge < -0.3 is 20.1 Å². The molecule has 0 atom stereocenters. The molecule has 6 nitrogen and oxygen atoms in total. The summed E-state index contributed by atoms with van der Waals surface area (Å²) in [4.78, 5) is 23.5. The minimum atomic E-state index is -4.58. The van der Waals surface area contributed by atoms with Gasteiger partial charge in [-0.05, 0) is 61.7 Å². The Kier molecular flexibility index (Phi) is 6.72. The highest BCUT2D eigenvalue weighted by Crippen LogP contribution is 2.34. The van der Waals surface area contributed by atoms with E-state index in [0.717, 1.165) is 11.6 Å². The van der Waals surface area contributed by atoms with Crippen molar-refractivity contribution in [1.29, 1.82) is 0 Å². The van der Waals surface area contributed by atoms with E-state index in [0.29, 0.717) is 24.3 Å². The first-order chi connectivity index (χ1) is 14.6. The maximum Gasteiger partial charge on any atom is 0.416 e. The minimum absolute atomic E-state index is 0.0532. The zero-order chi connectivity index (χ0) is 22.6. The predicted octanol–water partition coefficient (Wildman–Crippen LogP) is 4.07. The summed E-state index contributed by atoms with van der Waals surface area (Å²) < 4.78 is 51.0. The van der Waals surface area contributed by atoms with Crippen molar-refractivity contribution in [2.45, 2.75) is 45.5 Å². The van der Waals surface area contributed by atoms with Crippen molar-refractivity contribution in [2.24, 2.45) is 0 Å². The van der Waals surface area contributed by atoms with Crippen LogP contribution in [0.5, 0.6) is 11.5 Å². The van der Waals surface area contributed by atoms with E-state index in [-0.39, 0.29) is 36.5 Å². The Hall–Kier alpha value is -3.23. The topological polar surface area (TPSA) is 76.7 Å². The molecule has 0 unspecified atom stereocenters. The molecular weight excluding hydrogens is 413 g/mol. The molecule has 0 spiro atoms. The highest BCUT2D eigenvalue weighted by atomic mass is 19.4. The van der Waals surface area contributed by atoms with Crippen molar-refractivity contribution < 1.29 is 32.2 Å². The van der Waals surface area contributed by atoms with Crippen LogP contribution in [0.3, 0.4) is 0 Å². The van der Waals surface area contributed by atoms with E-state index in [1.807, 2.05) is 0 Å². The predicted molar refractivity (Wildman–Crippen MR) is 108 cm³/mol. The van der Waals surface area contributed by atoms with Crippen LogP contribution >= 0.6 is 0 Å². The molecule has 2 amide bonds. The zero-order valence-electron chi connectivity index (χ0n) is 17.1. The maximum absolute atomic E-state index is 13.4. The number of anilines is 1. The molecule has 31 heavy (non-hydrogen) atoms. The first-order valence-electron chi connectivity index (χ1n) is 9.81. The first kappa shape index (κ1) is 22.5. The summed E-state index contributed by atoms with van der Waals surface area (Å²) in [5.74, 6) is -0.0511. The van der Waals surface area contributed by atoms with Crippen LogP contribution in [0.25, 0.3) is 0 Å². The molecule has 0 bridgehead atoms. The summed E-state index contributed by atoms with van der Waals surface area (Å²) >= 11 is 0. The van der Waals surface area contributed by atoms with Crippen LogP contribution in [0.2, 0.25) is 0 Å². The van der Waals surface area contributed by atoms with Gasteiger partial charge in [0.2, 0.25) is 5.91 Å². The number of aryl methyl sites for hydroxylation is 1. The summed E-state index contributed by atoms with van der Waals surface area (Å²) in [7, 11) is 0. The minimum Gasteiger partial charge on any atom is -0.491 e. The van der Waals surface area contributed by atoms with E-state index in [2.05, 4.69) is 10.6 Å². The molecule has 2 aromatic rings. The number of ether oxygens (including phenoxy) is 2. The second kappa shape index (κ2) is 9.28. The molecule has 0 aromatic heterocycles. The molecule has 166 valence electrons. The maximum atomic E-state index is 13.4. The van der Waals surface area contributed by atoms with Gasteiger partial charge in [-0.15, -0.1) is 0 Å². The van der Waals surface area contributed by atoms with E-state index in [1.165, 1.54) is 12.1 Å². The van der Waals surface area contributed by atoms with E-state index in [1.54, 1.807) is 32.0 Å². The number of hydrogen-bond acceptors (Lipinski definition) is 4. The number of hydrogen-bond donors (Lipinski definition) is 2. The highest BCUT2D eigenvalue weighted by Gasteiger charge is 2.34. The molecule has 1 heterocycles. The lowest BCUT2D eigenvalue weighted by Gasteiger charge is -2.18. The lowest BCUT2D eigenvalue weighted by molar-refractivity contribution is -0.138. The lowest BCUT2D eigenvalue weighted by atomic mass is 10.0. The van der Waals surface area contributed by atoms with Gasteiger partial charge in [0.25, 0.3) is 5.91 Å². The Morgan fingerprint density at radius 3 is 2.58 bits per heavy atom. The average Bonchev–Trinajstić information content (AvgIpc) is 2.70. The van der Waals surface area contributed by atoms with Crippen LogP contribution in [-0.2, 0) is 28.7 Å². The van der Waals surface area contributed by atoms with Gasteiger partial charge in [-0.3, -0.25) is 9.59 Å². The SMILES string of the molecule is CC(C)Oc1ccc(CNC(=O)COc2ccc3c(c2)CCC(=O)N3)c(C(F)(F)F)c1. The quantitative estimate of drug-likeness (QED) is 0.686. The standard InChI is InChI=1S/C22H23F3N2O4/c1-13(2)31-17-5-3-15(18(10-17)22(23,24)25)11-26-21(29)12-30-16-6-7-19-14(9-16)4-8-20(28)27-19/h3,5-7,9-10,13H,4,8,11-12H2,1-2H3,(H,26,29)(H,27,28). The molecular formula is C22H23F3N2O4. The Bertz CT molecular complexity index is 974. The average molecular weight is 436 g/mol. The second-order valence-electron chi connectivity index (χ2n) is 7.42. The lowest BCUT2D eigenvalue weighted by Crippen LogP contribution is -2.29. The monoisotopic (exact) mass is 436 g/mol. The summed E-state index contributed by atoms with van der Waals surface area (Å²) in [5.41, 5.74) is 0.679. The number of nitrogens with one attached hydrogen (secondary N) is 2. The van der Waals surface area contributed by atoms with Gasteiger partial charge in [-0.2, -0.15) is 13.2 Å². The van der Waals surface area contributed by atoms with Crippen LogP contribution in [-0.4, -0.2) is 24.5 Å². The number of halogens is 3. The number of rotatable bonds is 7. The van der Waals surface area contributed by atoms with Crippen LogP contribution in [0.4, 0.5) is 18.9 Å². The summed E-state index contributed by atoms with van der Waals surface area (Å²) in [5, 5.41) is 5.20. The molecule has 9 heteroatoms. The van der Waals surface area contributed by atoms with Crippen LogP contribution in [0.1, 0.15) is 37.0 Å². The Morgan fingerprint density at radius 2 is 1.87 bits per heavy atom. The number of carbonyl (C=O) groups is 2. The van der Waals surface area contributed by atoms with Gasteiger partial charge in [0.05, 0.1) is 11.7 Å². The largest absolute Gasteiger partial charge is 0.491 e. The molecule has 0 saturated carbocycles. The smallest absolute Gasteiger partial charge is 0.416 e. The number of carbonyl (C=O) groups excluding carboxylic acids is 2. The van der Waals surface area contributed by atoms with Crippen molar-refractivity contribution in [3.8, 4) is 11.5 Å². The Balaban J connectivity index is 1.59. The molecule has 2 aromatic carbocycles. The highest BCUT2D eigenvalue weighted by molar-refractivity contribution is 5.94. The molecule has 1 aliphatic heterocycles. The van der Waals surface area contributed by atoms with Crippen LogP contribution in [0.15, 0.2) is 36.4 Å². The van der Waals surface area contributed by atoms with E-state index >= 15 is 0 Å². The van der Waals surface area contributed by atoms with Crippen LogP contribution < -0.4 is 20.1 Å². The van der Waals surface area contributed by atoms with E-state index < -0.39 is 17.6 Å². The van der Waals surface area contributed by atoms with E-state index in [9.17, 15) is 22.8 Å². The zero-order valence-corrected chi connectivity index (χ0v) is 17.1. The molecule has 3 rings (SSSR count). The van der Waals surface area contributed by atoms with Crippen LogP contribution in [0, 0.1) is 0 Å². The summed E-state index contributed by atoms with van der Waals surface area (Å²) in [6.07, 6.45) is -3.89. The Morgan fingerprint density at radius 1 is 1.13 bits per heavy atom. The van der Waals surface area contributed by atoms with Crippen molar-refractivity contribution in [3.05, 3.63) is 53.1 Å². The molecule has 0 radical (unpaired) electrons. The molecule has 2 N–H and O–H groups in total. The third-order valence-corrected chi connectivity index (χ3v) is 4.58. The van der Waals surface area contributed by atoms with Crippen molar-refractivity contribution in [2.75, 3.05) is 11.9 Å².